The molecule has 0 saturated carbocycles. The van der Waals surface area contributed by atoms with E-state index in [1.54, 1.807) is 55.1 Å². The van der Waals surface area contributed by atoms with Crippen LogP contribution in [0.1, 0.15) is 18.1 Å². The zero-order valence-electron chi connectivity index (χ0n) is 14.0. The molecule has 0 atom stereocenters. The number of rotatable bonds is 4. The van der Waals surface area contributed by atoms with E-state index >= 15 is 0 Å². The number of hydrogen-bond acceptors (Lipinski definition) is 6. The van der Waals surface area contributed by atoms with Gasteiger partial charge in [-0.2, -0.15) is 15.8 Å². The van der Waals surface area contributed by atoms with Crippen LogP contribution in [0.3, 0.4) is 0 Å². The lowest BCUT2D eigenvalue weighted by atomic mass is 9.95. The van der Waals surface area contributed by atoms with E-state index in [0.29, 0.717) is 11.1 Å². The predicted octanol–water partition coefficient (Wildman–Crippen LogP) is 3.12. The molecule has 0 unspecified atom stereocenters. The molecule has 0 spiro atoms. The molecule has 0 bridgehead atoms. The molecule has 0 amide bonds. The van der Waals surface area contributed by atoms with Gasteiger partial charge in [0.25, 0.3) is 0 Å². The molecule has 0 aromatic carbocycles. The molecule has 2 aromatic heterocycles. The van der Waals surface area contributed by atoms with Crippen LogP contribution in [-0.4, -0.2) is 9.97 Å². The van der Waals surface area contributed by atoms with E-state index in [1.807, 2.05) is 25.1 Å². The van der Waals surface area contributed by atoms with E-state index in [9.17, 15) is 5.26 Å². The van der Waals surface area contributed by atoms with Crippen LogP contribution in [-0.2, 0) is 0 Å². The van der Waals surface area contributed by atoms with Crippen molar-refractivity contribution in [2.75, 3.05) is 0 Å². The lowest BCUT2D eigenvalue weighted by molar-refractivity contribution is 1.28. The molecule has 0 saturated heterocycles. The topological polar surface area (TPSA) is 123 Å². The second kappa shape index (κ2) is 8.59. The summed E-state index contributed by atoms with van der Waals surface area (Å²) >= 11 is 0. The lowest BCUT2D eigenvalue weighted by Crippen LogP contribution is -2.06. The van der Waals surface area contributed by atoms with Crippen molar-refractivity contribution in [1.82, 2.24) is 9.97 Å². The molecule has 2 rings (SSSR count). The van der Waals surface area contributed by atoms with Gasteiger partial charge in [0, 0.05) is 35.9 Å². The van der Waals surface area contributed by atoms with E-state index in [2.05, 4.69) is 9.97 Å². The molecule has 0 aliphatic rings. The summed E-state index contributed by atoms with van der Waals surface area (Å²) in [7, 11) is 0. The Bertz CT molecular complexity index is 994. The number of nitriles is 3. The van der Waals surface area contributed by atoms with Gasteiger partial charge in [0.15, 0.2) is 5.57 Å². The van der Waals surface area contributed by atoms with Crippen LogP contribution in [0.15, 0.2) is 72.0 Å². The Morgan fingerprint density at radius 3 is 2.00 bits per heavy atom. The molecule has 26 heavy (non-hydrogen) atoms. The predicted molar refractivity (Wildman–Crippen MR) is 97.1 cm³/mol. The summed E-state index contributed by atoms with van der Waals surface area (Å²) < 4.78 is 0. The minimum Gasteiger partial charge on any atom is -0.396 e. The summed E-state index contributed by atoms with van der Waals surface area (Å²) in [4.78, 5) is 8.16. The Morgan fingerprint density at radius 1 is 0.962 bits per heavy atom. The molecule has 6 nitrogen and oxygen atoms in total. The maximum absolute atomic E-state index is 9.65. The van der Waals surface area contributed by atoms with Gasteiger partial charge in [0.05, 0.1) is 11.3 Å². The van der Waals surface area contributed by atoms with Crippen molar-refractivity contribution in [2.45, 2.75) is 6.92 Å². The standard InChI is InChI=1S/C20H14N6/c1-14(15-4-2-6-25-12-15)8-18(16-5-3-7-26-13-16)19(11-23)20(24)17(9-21)10-22/h2-8,12-13H,24H2,1H3/b14-8+,19-18+. The molecule has 2 aromatic rings. The Labute approximate surface area is 151 Å². The molecule has 124 valence electrons. The third-order valence-corrected chi connectivity index (χ3v) is 3.59. The molecule has 2 heterocycles. The average molecular weight is 338 g/mol. The van der Waals surface area contributed by atoms with Gasteiger partial charge in [-0.05, 0) is 36.3 Å². The van der Waals surface area contributed by atoms with Crippen molar-refractivity contribution in [3.05, 3.63) is 83.1 Å². The Kier molecular flexibility index (Phi) is 5.99. The highest BCUT2D eigenvalue weighted by molar-refractivity contribution is 5.88. The Morgan fingerprint density at radius 2 is 1.54 bits per heavy atom. The molecule has 0 radical (unpaired) electrons. The minimum atomic E-state index is -0.310. The van der Waals surface area contributed by atoms with Gasteiger partial charge in [0.2, 0.25) is 0 Å². The van der Waals surface area contributed by atoms with Crippen molar-refractivity contribution >= 4 is 11.1 Å². The normalized spacial score (nSPS) is 11.4. The van der Waals surface area contributed by atoms with Crippen molar-refractivity contribution in [3.63, 3.8) is 0 Å². The summed E-state index contributed by atoms with van der Waals surface area (Å²) in [5, 5.41) is 27.8. The van der Waals surface area contributed by atoms with Crippen LogP contribution in [0.5, 0.6) is 0 Å². The maximum Gasteiger partial charge on any atom is 0.153 e. The van der Waals surface area contributed by atoms with Crippen LogP contribution < -0.4 is 5.73 Å². The summed E-state index contributed by atoms with van der Waals surface area (Å²) in [6, 6.07) is 12.7. The first-order valence-electron chi connectivity index (χ1n) is 7.56. The Balaban J connectivity index is 2.78. The van der Waals surface area contributed by atoms with E-state index in [4.69, 9.17) is 16.3 Å². The van der Waals surface area contributed by atoms with Gasteiger partial charge in [0.1, 0.15) is 18.2 Å². The number of allylic oxidation sites excluding steroid dienone is 5. The number of nitrogens with zero attached hydrogens (tertiary/aromatic N) is 5. The minimum absolute atomic E-state index is 0.0411. The summed E-state index contributed by atoms with van der Waals surface area (Å²) in [5.74, 6) is 0. The fraction of sp³-hybridized carbons (Fsp3) is 0.0500. The second-order valence-corrected chi connectivity index (χ2v) is 5.22. The molecule has 6 heteroatoms. The zero-order chi connectivity index (χ0) is 18.9. The van der Waals surface area contributed by atoms with Crippen LogP contribution in [0.25, 0.3) is 11.1 Å². The van der Waals surface area contributed by atoms with Crippen molar-refractivity contribution in [1.29, 1.82) is 15.8 Å². The van der Waals surface area contributed by atoms with Crippen molar-refractivity contribution in [2.24, 2.45) is 5.73 Å². The number of hydrogen-bond donors (Lipinski definition) is 1. The van der Waals surface area contributed by atoms with E-state index in [-0.39, 0.29) is 16.8 Å². The summed E-state index contributed by atoms with van der Waals surface area (Å²) in [6.45, 7) is 1.87. The van der Waals surface area contributed by atoms with E-state index in [0.717, 1.165) is 11.1 Å². The van der Waals surface area contributed by atoms with Gasteiger partial charge in [-0.1, -0.05) is 12.1 Å². The van der Waals surface area contributed by atoms with Gasteiger partial charge in [-0.25, -0.2) is 0 Å². The smallest absolute Gasteiger partial charge is 0.153 e. The van der Waals surface area contributed by atoms with Gasteiger partial charge in [-0.15, -0.1) is 0 Å². The highest BCUT2D eigenvalue weighted by Gasteiger charge is 2.15. The van der Waals surface area contributed by atoms with Gasteiger partial charge in [-0.3, -0.25) is 9.97 Å². The van der Waals surface area contributed by atoms with Crippen molar-refractivity contribution in [3.8, 4) is 18.2 Å². The SMILES string of the molecule is C/C(=C\C(=C(\C#N)C(N)=C(C#N)C#N)c1cccnc1)c1cccnc1. The fourth-order valence-corrected chi connectivity index (χ4v) is 2.25. The second-order valence-electron chi connectivity index (χ2n) is 5.22. The maximum atomic E-state index is 9.65. The summed E-state index contributed by atoms with van der Waals surface area (Å²) in [5.41, 5.74) is 8.34. The fourth-order valence-electron chi connectivity index (χ4n) is 2.25. The van der Waals surface area contributed by atoms with E-state index < -0.39 is 0 Å². The first-order valence-corrected chi connectivity index (χ1v) is 7.56. The van der Waals surface area contributed by atoms with Crippen molar-refractivity contribution < 1.29 is 0 Å². The lowest BCUT2D eigenvalue weighted by Gasteiger charge is -2.10. The highest BCUT2D eigenvalue weighted by Crippen LogP contribution is 2.27. The Hall–Kier alpha value is -4.21. The molecular formula is C20H14N6. The average Bonchev–Trinajstić information content (AvgIpc) is 2.70. The third-order valence-electron chi connectivity index (χ3n) is 3.59. The van der Waals surface area contributed by atoms with Gasteiger partial charge < -0.3 is 5.73 Å². The number of pyridine rings is 2. The number of nitrogens with two attached hydrogens (primary N) is 1. The number of aromatic nitrogens is 2. The largest absolute Gasteiger partial charge is 0.396 e. The molecule has 0 aliphatic heterocycles. The van der Waals surface area contributed by atoms with E-state index in [1.165, 1.54) is 0 Å². The van der Waals surface area contributed by atoms with Crippen LogP contribution in [0.2, 0.25) is 0 Å². The van der Waals surface area contributed by atoms with Crippen LogP contribution >= 0.6 is 0 Å². The quantitative estimate of drug-likeness (QED) is 0.675. The molecule has 2 N–H and O–H groups in total. The monoisotopic (exact) mass is 338 g/mol. The van der Waals surface area contributed by atoms with Gasteiger partial charge >= 0.3 is 0 Å². The zero-order valence-corrected chi connectivity index (χ0v) is 14.0. The van der Waals surface area contributed by atoms with Crippen LogP contribution in [0.4, 0.5) is 0 Å². The molecule has 0 fully saturated rings. The van der Waals surface area contributed by atoms with Crippen LogP contribution in [0, 0.1) is 34.0 Å². The molecular weight excluding hydrogens is 324 g/mol. The third kappa shape index (κ3) is 4.00. The first kappa shape index (κ1) is 18.1. The molecule has 0 aliphatic carbocycles. The first-order chi connectivity index (χ1) is 12.6. The summed E-state index contributed by atoms with van der Waals surface area (Å²) in [6.07, 6.45) is 8.34. The highest BCUT2D eigenvalue weighted by atomic mass is 14.6.